The Hall–Kier alpha value is -4.18. The topological polar surface area (TPSA) is 99.2 Å². The van der Waals surface area contributed by atoms with E-state index in [2.05, 4.69) is 26.8 Å². The molecule has 4 aromatic rings. The molecule has 1 aliphatic rings. The number of amides is 1. The lowest BCUT2D eigenvalue weighted by molar-refractivity contribution is -0.147. The molecular weight excluding hydrogens is 769 g/mol. The summed E-state index contributed by atoms with van der Waals surface area (Å²) in [6, 6.07) is 24.5. The largest absolute Gasteiger partial charge is 0.534 e. The lowest BCUT2D eigenvalue weighted by atomic mass is 9.78. The van der Waals surface area contributed by atoms with Crippen molar-refractivity contribution in [1.82, 2.24) is 0 Å². The maximum absolute atomic E-state index is 13.8. The van der Waals surface area contributed by atoms with E-state index in [1.165, 1.54) is 48.2 Å². The average molecular weight is 798 g/mol. The van der Waals surface area contributed by atoms with Crippen molar-refractivity contribution in [2.75, 3.05) is 4.90 Å². The highest BCUT2D eigenvalue weighted by Crippen LogP contribution is 2.49. The summed E-state index contributed by atoms with van der Waals surface area (Å²) in [6.07, 6.45) is -0.301. The molecular formula is C34H28F4INO7S. The van der Waals surface area contributed by atoms with Gasteiger partial charge in [-0.05, 0) is 101 Å². The van der Waals surface area contributed by atoms with Crippen LogP contribution in [0.4, 0.5) is 23.2 Å². The first-order chi connectivity index (χ1) is 22.7. The Morgan fingerprint density at radius 1 is 0.958 bits per heavy atom. The summed E-state index contributed by atoms with van der Waals surface area (Å²) >= 11 is 2.14. The zero-order valence-corrected chi connectivity index (χ0v) is 28.2. The average Bonchev–Trinajstić information content (AvgIpc) is 3.03. The molecule has 0 saturated carbocycles. The van der Waals surface area contributed by atoms with Gasteiger partial charge in [-0.1, -0.05) is 42.5 Å². The van der Waals surface area contributed by atoms with E-state index >= 15 is 0 Å². The number of hydrogen-bond acceptors (Lipinski definition) is 7. The van der Waals surface area contributed by atoms with Crippen LogP contribution in [0.15, 0.2) is 97.1 Å². The number of esters is 1. The molecule has 0 aromatic heterocycles. The quantitative estimate of drug-likeness (QED) is 0.0358. The molecule has 4 aromatic carbocycles. The molecule has 1 amide bonds. The molecule has 0 radical (unpaired) electrons. The predicted molar refractivity (Wildman–Crippen MR) is 176 cm³/mol. The standard InChI is InChI=1S/C34H28F4INO7S/c1-21(41)46-30(23-7-9-24(35)10-8-23)18-16-28-32(29-19-25(39)11-17-31(29)45-20-22-5-3-2-4-6-22)40(33(28)42)26-12-14-27(15-13-26)47-48(43,44)34(36,37)38/h2-15,17,19,28,30,32H,16,18,20H2,1H3/t28-,30+,32+/m1/s1. The Morgan fingerprint density at radius 3 is 2.25 bits per heavy atom. The van der Waals surface area contributed by atoms with Crippen LogP contribution in [0, 0.1) is 15.3 Å². The second kappa shape index (κ2) is 14.5. The van der Waals surface area contributed by atoms with Crippen LogP contribution in [0.25, 0.3) is 0 Å². The Labute approximate surface area is 287 Å². The fourth-order valence-corrected chi connectivity index (χ4v) is 6.40. The molecule has 0 N–H and O–H groups in total. The van der Waals surface area contributed by atoms with Gasteiger partial charge in [-0.25, -0.2) is 4.39 Å². The number of hydrogen-bond donors (Lipinski definition) is 0. The highest BCUT2D eigenvalue weighted by Gasteiger charge is 2.50. The summed E-state index contributed by atoms with van der Waals surface area (Å²) in [6.45, 7) is 1.49. The highest BCUT2D eigenvalue weighted by molar-refractivity contribution is 14.1. The van der Waals surface area contributed by atoms with Crippen LogP contribution in [0.1, 0.15) is 48.6 Å². The van der Waals surface area contributed by atoms with E-state index in [0.29, 0.717) is 16.9 Å². The van der Waals surface area contributed by atoms with Crippen LogP contribution in [-0.4, -0.2) is 25.8 Å². The van der Waals surface area contributed by atoms with Crippen molar-refractivity contribution in [3.05, 3.63) is 123 Å². The van der Waals surface area contributed by atoms with Crippen LogP contribution < -0.4 is 13.8 Å². The van der Waals surface area contributed by atoms with Gasteiger partial charge in [0.15, 0.2) is 0 Å². The molecule has 1 heterocycles. The van der Waals surface area contributed by atoms with E-state index in [4.69, 9.17) is 9.47 Å². The van der Waals surface area contributed by atoms with Crippen LogP contribution in [0.2, 0.25) is 0 Å². The summed E-state index contributed by atoms with van der Waals surface area (Å²) in [5.74, 6) is -2.07. The molecule has 0 aliphatic carbocycles. The summed E-state index contributed by atoms with van der Waals surface area (Å²) in [5.41, 5.74) is -3.21. The minimum Gasteiger partial charge on any atom is -0.489 e. The van der Waals surface area contributed by atoms with E-state index < -0.39 is 51.2 Å². The summed E-state index contributed by atoms with van der Waals surface area (Å²) in [4.78, 5) is 27.2. The number of rotatable bonds is 12. The summed E-state index contributed by atoms with van der Waals surface area (Å²) in [5, 5.41) is 0. The van der Waals surface area contributed by atoms with E-state index in [0.717, 1.165) is 21.3 Å². The first-order valence-electron chi connectivity index (χ1n) is 14.6. The zero-order valence-electron chi connectivity index (χ0n) is 25.2. The number of β-lactam (4-membered cyclic amide) rings is 1. The SMILES string of the molecule is CC(=O)O[C@@H](CC[C@H]1C(=O)N(c2ccc(OS(=O)(=O)C(F)(F)F)cc2)[C@@H]1c1cc(I)ccc1OCc1ccccc1)c1ccc(F)cc1. The molecule has 1 aliphatic heterocycles. The van der Waals surface area contributed by atoms with Crippen molar-refractivity contribution in [2.45, 2.75) is 44.0 Å². The van der Waals surface area contributed by atoms with Crippen LogP contribution in [0.3, 0.4) is 0 Å². The van der Waals surface area contributed by atoms with Crippen molar-refractivity contribution in [3.63, 3.8) is 0 Å². The third kappa shape index (κ3) is 8.09. The molecule has 48 heavy (non-hydrogen) atoms. The maximum atomic E-state index is 13.8. The third-order valence-corrected chi connectivity index (χ3v) is 9.29. The van der Waals surface area contributed by atoms with E-state index in [-0.39, 0.29) is 31.0 Å². The molecule has 14 heteroatoms. The molecule has 0 unspecified atom stereocenters. The maximum Gasteiger partial charge on any atom is 0.534 e. The van der Waals surface area contributed by atoms with E-state index in [1.807, 2.05) is 42.5 Å². The van der Waals surface area contributed by atoms with Crippen molar-refractivity contribution in [2.24, 2.45) is 5.92 Å². The van der Waals surface area contributed by atoms with Gasteiger partial charge in [0.1, 0.15) is 30.0 Å². The van der Waals surface area contributed by atoms with Gasteiger partial charge in [0.05, 0.1) is 12.0 Å². The second-order valence-corrected chi connectivity index (χ2v) is 13.7. The van der Waals surface area contributed by atoms with Gasteiger partial charge in [0.25, 0.3) is 0 Å². The van der Waals surface area contributed by atoms with Crippen molar-refractivity contribution < 1.29 is 49.2 Å². The Bertz CT molecular complexity index is 1870. The zero-order chi connectivity index (χ0) is 34.6. The molecule has 0 bridgehead atoms. The Kier molecular flexibility index (Phi) is 10.6. The minimum absolute atomic E-state index is 0.220. The Balaban J connectivity index is 1.47. The smallest absolute Gasteiger partial charge is 0.489 e. The number of carbonyl (C=O) groups excluding carboxylic acids is 2. The number of anilines is 1. The van der Waals surface area contributed by atoms with Gasteiger partial charge in [-0.15, -0.1) is 0 Å². The summed E-state index contributed by atoms with van der Waals surface area (Å²) < 4.78 is 92.1. The fraction of sp³-hybridized carbons (Fsp3) is 0.235. The molecule has 0 spiro atoms. The predicted octanol–water partition coefficient (Wildman–Crippen LogP) is 8.03. The fourth-order valence-electron chi connectivity index (χ4n) is 5.43. The van der Waals surface area contributed by atoms with Gasteiger partial charge in [-0.2, -0.15) is 21.6 Å². The van der Waals surface area contributed by atoms with Crippen molar-refractivity contribution >= 4 is 50.3 Å². The molecule has 1 fully saturated rings. The lowest BCUT2D eigenvalue weighted by Crippen LogP contribution is -2.55. The minimum atomic E-state index is -5.89. The van der Waals surface area contributed by atoms with Gasteiger partial charge >= 0.3 is 21.6 Å². The highest BCUT2D eigenvalue weighted by atomic mass is 127. The molecule has 3 atom stereocenters. The Morgan fingerprint density at radius 2 is 1.62 bits per heavy atom. The second-order valence-electron chi connectivity index (χ2n) is 10.9. The van der Waals surface area contributed by atoms with Gasteiger partial charge in [-0.3, -0.25) is 9.59 Å². The summed E-state index contributed by atoms with van der Waals surface area (Å²) in [7, 11) is -5.89. The number of benzene rings is 4. The van der Waals surface area contributed by atoms with Crippen LogP contribution in [-0.2, 0) is 31.1 Å². The number of alkyl halides is 3. The van der Waals surface area contributed by atoms with Gasteiger partial charge in [0.2, 0.25) is 5.91 Å². The normalized spacial score (nSPS) is 17.0. The van der Waals surface area contributed by atoms with Gasteiger partial charge in [0, 0.05) is 21.7 Å². The van der Waals surface area contributed by atoms with Gasteiger partial charge < -0.3 is 18.6 Å². The van der Waals surface area contributed by atoms with Crippen molar-refractivity contribution in [3.8, 4) is 11.5 Å². The number of carbonyl (C=O) groups is 2. The molecule has 8 nitrogen and oxygen atoms in total. The monoisotopic (exact) mass is 797 g/mol. The molecule has 252 valence electrons. The molecule has 5 rings (SSSR count). The van der Waals surface area contributed by atoms with Crippen LogP contribution in [0.5, 0.6) is 11.5 Å². The van der Waals surface area contributed by atoms with E-state index in [9.17, 15) is 35.6 Å². The molecule has 1 saturated heterocycles. The number of nitrogens with zero attached hydrogens (tertiary/aromatic N) is 1. The first-order valence-corrected chi connectivity index (χ1v) is 17.0. The van der Waals surface area contributed by atoms with Crippen molar-refractivity contribution in [1.29, 1.82) is 0 Å². The number of ether oxygens (including phenoxy) is 2. The first kappa shape index (κ1) is 35.1. The van der Waals surface area contributed by atoms with E-state index in [1.54, 1.807) is 6.07 Å². The third-order valence-electron chi connectivity index (χ3n) is 7.64. The van der Waals surface area contributed by atoms with Crippen LogP contribution >= 0.6 is 22.6 Å². The number of halogens is 5. The lowest BCUT2D eigenvalue weighted by Gasteiger charge is -2.48.